The van der Waals surface area contributed by atoms with Gasteiger partial charge in [-0.2, -0.15) is 0 Å². The summed E-state index contributed by atoms with van der Waals surface area (Å²) in [5, 5.41) is 10.7. The highest BCUT2D eigenvalue weighted by molar-refractivity contribution is 5.89. The molecule has 0 aromatic heterocycles. The summed E-state index contributed by atoms with van der Waals surface area (Å²) in [7, 11) is 1.39. The van der Waals surface area contributed by atoms with Gasteiger partial charge < -0.3 is 28.5 Å². The van der Waals surface area contributed by atoms with Gasteiger partial charge in [0.1, 0.15) is 25.8 Å². The molecule has 32 heavy (non-hydrogen) atoms. The van der Waals surface area contributed by atoms with Gasteiger partial charge in [0.2, 0.25) is 0 Å². The Kier molecular flexibility index (Phi) is 7.29. The van der Waals surface area contributed by atoms with Crippen LogP contribution in [-0.4, -0.2) is 74.3 Å². The topological polar surface area (TPSA) is 74.2 Å². The van der Waals surface area contributed by atoms with Crippen molar-refractivity contribution in [3.63, 3.8) is 0 Å². The summed E-state index contributed by atoms with van der Waals surface area (Å²) in [4.78, 5) is 11.7. The Labute approximate surface area is 189 Å². The van der Waals surface area contributed by atoms with Gasteiger partial charge in [0.15, 0.2) is 17.6 Å². The van der Waals surface area contributed by atoms with Crippen molar-refractivity contribution in [2.45, 2.75) is 31.6 Å². The molecule has 0 radical (unpaired) electrons. The Morgan fingerprint density at radius 2 is 1.84 bits per heavy atom. The van der Waals surface area contributed by atoms with Crippen LogP contribution in [0.1, 0.15) is 28.8 Å². The minimum atomic E-state index is -0.556. The largest absolute Gasteiger partial charge is 0.486 e. The highest BCUT2D eigenvalue weighted by Gasteiger charge is 2.34. The molecule has 0 bridgehead atoms. The normalized spacial score (nSPS) is 20.0. The molecule has 1 fully saturated rings. The van der Waals surface area contributed by atoms with E-state index in [0.29, 0.717) is 25.3 Å². The number of esters is 1. The molecule has 2 atom stereocenters. The van der Waals surface area contributed by atoms with Crippen LogP contribution in [0, 0.1) is 0 Å². The van der Waals surface area contributed by atoms with E-state index in [1.807, 2.05) is 36.4 Å². The predicted molar refractivity (Wildman–Crippen MR) is 119 cm³/mol. The van der Waals surface area contributed by atoms with Gasteiger partial charge in [-0.25, -0.2) is 4.79 Å². The van der Waals surface area contributed by atoms with Gasteiger partial charge in [0, 0.05) is 18.4 Å². The van der Waals surface area contributed by atoms with Crippen molar-refractivity contribution >= 4 is 5.97 Å². The van der Waals surface area contributed by atoms with Gasteiger partial charge in [0.05, 0.1) is 39.0 Å². The molecule has 2 heterocycles. The van der Waals surface area contributed by atoms with Gasteiger partial charge >= 0.3 is 5.97 Å². The minimum absolute atomic E-state index is 0.180. The zero-order chi connectivity index (χ0) is 22.4. The van der Waals surface area contributed by atoms with E-state index < -0.39 is 6.10 Å². The number of benzene rings is 2. The Morgan fingerprint density at radius 3 is 2.56 bits per heavy atom. The van der Waals surface area contributed by atoms with Crippen LogP contribution in [0.5, 0.6) is 11.5 Å². The predicted octanol–water partition coefficient (Wildman–Crippen LogP) is 2.80. The molecule has 0 spiro atoms. The molecular weight excluding hydrogens is 410 g/mol. The monoisotopic (exact) mass is 442 g/mol. The standard InChI is InChI=1S/C25H32NO6/c1-29-25(28)20-10-8-19(9-11-20)14-26(12-4-5-13-26)15-21(27)16-30-17-22-18-31-23-6-2-3-7-24(23)32-22/h2-3,6-11,21-22,27H,4-5,12-18H2,1H3/q+1/t21-,22+/m1/s1. The van der Waals surface area contributed by atoms with Crippen LogP contribution < -0.4 is 9.47 Å². The number of hydrogen-bond donors (Lipinski definition) is 1. The van der Waals surface area contributed by atoms with Gasteiger partial charge in [-0.3, -0.25) is 0 Å². The van der Waals surface area contributed by atoms with E-state index in [4.69, 9.17) is 18.9 Å². The summed E-state index contributed by atoms with van der Waals surface area (Å²) in [5.41, 5.74) is 1.70. The average Bonchev–Trinajstić information content (AvgIpc) is 3.26. The van der Waals surface area contributed by atoms with Crippen LogP contribution in [0.25, 0.3) is 0 Å². The van der Waals surface area contributed by atoms with E-state index in [9.17, 15) is 9.90 Å². The molecule has 2 aliphatic rings. The number of para-hydroxylation sites is 2. The number of methoxy groups -OCH3 is 1. The number of aliphatic hydroxyl groups is 1. The zero-order valence-corrected chi connectivity index (χ0v) is 18.6. The molecule has 7 heteroatoms. The first kappa shape index (κ1) is 22.6. The van der Waals surface area contributed by atoms with Crippen molar-refractivity contribution in [3.8, 4) is 11.5 Å². The molecular formula is C25H32NO6+. The van der Waals surface area contributed by atoms with Crippen molar-refractivity contribution in [2.75, 3.05) is 46.6 Å². The lowest BCUT2D eigenvalue weighted by Gasteiger charge is -2.36. The van der Waals surface area contributed by atoms with Crippen molar-refractivity contribution < 1.29 is 33.3 Å². The molecule has 0 amide bonds. The summed E-state index contributed by atoms with van der Waals surface area (Å²) in [5.74, 6) is 1.15. The molecule has 4 rings (SSSR count). The maximum atomic E-state index is 11.7. The summed E-state index contributed by atoms with van der Waals surface area (Å²) >= 11 is 0. The number of carbonyl (C=O) groups excluding carboxylic acids is 1. The highest BCUT2D eigenvalue weighted by atomic mass is 16.6. The number of ether oxygens (including phenoxy) is 4. The number of hydrogen-bond acceptors (Lipinski definition) is 6. The fourth-order valence-corrected chi connectivity index (χ4v) is 4.64. The quantitative estimate of drug-likeness (QED) is 0.476. The van der Waals surface area contributed by atoms with E-state index in [0.717, 1.165) is 54.0 Å². The molecule has 7 nitrogen and oxygen atoms in total. The van der Waals surface area contributed by atoms with E-state index >= 15 is 0 Å². The Morgan fingerprint density at radius 1 is 1.12 bits per heavy atom. The van der Waals surface area contributed by atoms with E-state index in [1.165, 1.54) is 7.11 Å². The number of aliphatic hydroxyl groups excluding tert-OH is 1. The van der Waals surface area contributed by atoms with Gasteiger partial charge in [0.25, 0.3) is 0 Å². The zero-order valence-electron chi connectivity index (χ0n) is 18.6. The second-order valence-electron chi connectivity index (χ2n) is 8.71. The smallest absolute Gasteiger partial charge is 0.337 e. The van der Waals surface area contributed by atoms with E-state index in [-0.39, 0.29) is 18.7 Å². The second-order valence-corrected chi connectivity index (χ2v) is 8.71. The Hall–Kier alpha value is -2.61. The third kappa shape index (κ3) is 5.59. The Balaban J connectivity index is 1.27. The average molecular weight is 443 g/mol. The van der Waals surface area contributed by atoms with Crippen LogP contribution in [0.4, 0.5) is 0 Å². The minimum Gasteiger partial charge on any atom is -0.486 e. The van der Waals surface area contributed by atoms with E-state index in [2.05, 4.69) is 0 Å². The fraction of sp³-hybridized carbons (Fsp3) is 0.480. The number of quaternary nitrogens is 1. The van der Waals surface area contributed by atoms with Gasteiger partial charge in [-0.1, -0.05) is 24.3 Å². The third-order valence-corrected chi connectivity index (χ3v) is 6.19. The summed E-state index contributed by atoms with van der Waals surface area (Å²) in [6, 6.07) is 15.2. The van der Waals surface area contributed by atoms with Crippen LogP contribution in [-0.2, 0) is 16.0 Å². The van der Waals surface area contributed by atoms with Crippen molar-refractivity contribution in [1.29, 1.82) is 0 Å². The SMILES string of the molecule is COC(=O)c1ccc(C[N+]2(C[C@@H](O)COC[C@H]3COc4ccccc4O3)CCCC2)cc1. The van der Waals surface area contributed by atoms with Crippen LogP contribution >= 0.6 is 0 Å². The van der Waals surface area contributed by atoms with Crippen LogP contribution in [0.3, 0.4) is 0 Å². The first-order valence-corrected chi connectivity index (χ1v) is 11.2. The number of rotatable bonds is 9. The first-order valence-electron chi connectivity index (χ1n) is 11.2. The molecule has 2 aliphatic heterocycles. The summed E-state index contributed by atoms with van der Waals surface area (Å²) in [6.45, 7) is 4.62. The highest BCUT2D eigenvalue weighted by Crippen LogP contribution is 2.31. The number of likely N-dealkylation sites (tertiary alicyclic amines) is 1. The van der Waals surface area contributed by atoms with E-state index in [1.54, 1.807) is 12.1 Å². The molecule has 2 aromatic rings. The van der Waals surface area contributed by atoms with Crippen LogP contribution in [0.2, 0.25) is 0 Å². The lowest BCUT2D eigenvalue weighted by Crippen LogP contribution is -2.50. The third-order valence-electron chi connectivity index (χ3n) is 6.19. The molecule has 2 aromatic carbocycles. The molecule has 0 aliphatic carbocycles. The molecule has 0 unspecified atom stereocenters. The molecule has 1 saturated heterocycles. The Bertz CT molecular complexity index is 894. The number of fused-ring (bicyclic) bond motifs is 1. The number of carbonyl (C=O) groups is 1. The van der Waals surface area contributed by atoms with Crippen LogP contribution in [0.15, 0.2) is 48.5 Å². The van der Waals surface area contributed by atoms with Crippen molar-refractivity contribution in [1.82, 2.24) is 0 Å². The maximum absolute atomic E-state index is 11.7. The summed E-state index contributed by atoms with van der Waals surface area (Å²) in [6.07, 6.45) is 1.57. The van der Waals surface area contributed by atoms with Gasteiger partial charge in [-0.15, -0.1) is 0 Å². The lowest BCUT2D eigenvalue weighted by molar-refractivity contribution is -0.932. The van der Waals surface area contributed by atoms with Crippen molar-refractivity contribution in [2.24, 2.45) is 0 Å². The fourth-order valence-electron chi connectivity index (χ4n) is 4.64. The van der Waals surface area contributed by atoms with Crippen molar-refractivity contribution in [3.05, 3.63) is 59.7 Å². The lowest BCUT2D eigenvalue weighted by atomic mass is 10.1. The number of nitrogens with zero attached hydrogens (tertiary/aromatic N) is 1. The molecule has 1 N–H and O–H groups in total. The summed E-state index contributed by atoms with van der Waals surface area (Å²) < 4.78 is 23.0. The molecule has 0 saturated carbocycles. The maximum Gasteiger partial charge on any atom is 0.337 e. The van der Waals surface area contributed by atoms with Gasteiger partial charge in [-0.05, 0) is 24.3 Å². The first-order chi connectivity index (χ1) is 15.6. The molecule has 172 valence electrons. The second kappa shape index (κ2) is 10.3.